The van der Waals surface area contributed by atoms with Crippen molar-refractivity contribution in [3.8, 4) is 0 Å². The van der Waals surface area contributed by atoms with Gasteiger partial charge in [0, 0.05) is 30.4 Å². The second-order valence-corrected chi connectivity index (χ2v) is 3.80. The van der Waals surface area contributed by atoms with Crippen LogP contribution in [-0.2, 0) is 0 Å². The summed E-state index contributed by atoms with van der Waals surface area (Å²) < 4.78 is 0. The van der Waals surface area contributed by atoms with Crippen molar-refractivity contribution < 1.29 is 5.11 Å². The summed E-state index contributed by atoms with van der Waals surface area (Å²) in [5.41, 5.74) is 2.36. The smallest absolute Gasteiger partial charge is 0.135 e. The van der Waals surface area contributed by atoms with Gasteiger partial charge in [-0.3, -0.25) is 0 Å². The molecular formula is C11H11O+. The number of rotatable bonds is 0. The molecule has 3 atom stereocenters. The van der Waals surface area contributed by atoms with E-state index in [1.165, 1.54) is 12.0 Å². The maximum Gasteiger partial charge on any atom is 0.135 e. The number of aliphatic hydroxyl groups excluding tert-OH is 1. The summed E-state index contributed by atoms with van der Waals surface area (Å²) in [6.45, 7) is 0. The fourth-order valence-electron chi connectivity index (χ4n) is 2.18. The summed E-state index contributed by atoms with van der Waals surface area (Å²) in [6.07, 6.45) is 3.28. The maximum atomic E-state index is 9.85. The van der Waals surface area contributed by atoms with Gasteiger partial charge in [-0.1, -0.05) is 0 Å². The van der Waals surface area contributed by atoms with Crippen LogP contribution in [0.25, 0.3) is 0 Å². The largest absolute Gasteiger partial charge is 0.375 e. The number of aliphatic hydroxyl groups is 1. The number of benzene rings is 1. The van der Waals surface area contributed by atoms with E-state index in [1.807, 2.05) is 18.2 Å². The van der Waals surface area contributed by atoms with Crippen molar-refractivity contribution in [2.24, 2.45) is 11.8 Å². The molecule has 3 rings (SSSR count). The highest BCUT2D eigenvalue weighted by Crippen LogP contribution is 2.54. The predicted octanol–water partition coefficient (Wildman–Crippen LogP) is 1.92. The third-order valence-corrected chi connectivity index (χ3v) is 3.00. The van der Waals surface area contributed by atoms with Gasteiger partial charge in [-0.25, -0.2) is 0 Å². The molecule has 0 aliphatic heterocycles. The molecule has 2 aliphatic carbocycles. The minimum Gasteiger partial charge on any atom is -0.375 e. The van der Waals surface area contributed by atoms with Gasteiger partial charge in [-0.15, -0.1) is 0 Å². The van der Waals surface area contributed by atoms with Crippen LogP contribution in [-0.4, -0.2) is 5.11 Å². The molecule has 0 bridgehead atoms. The standard InChI is InChI=1S/C11H11O/c12-11-9-4-2-1-3-7(9)5-8-6-10(8)11/h1-5,8,10-12H,6H2/q+1/t8-,10+,11-/m1/s1. The molecule has 0 amide bonds. The predicted molar refractivity (Wildman–Crippen MR) is 46.4 cm³/mol. The molecule has 0 saturated heterocycles. The van der Waals surface area contributed by atoms with Crippen molar-refractivity contribution >= 4 is 0 Å². The number of hydrogen-bond acceptors (Lipinski definition) is 1. The summed E-state index contributed by atoms with van der Waals surface area (Å²) in [4.78, 5) is 0. The first kappa shape index (κ1) is 6.55. The number of hydrogen-bond donors (Lipinski definition) is 1. The first-order valence-electron chi connectivity index (χ1n) is 4.48. The van der Waals surface area contributed by atoms with E-state index in [1.54, 1.807) is 0 Å². The second-order valence-electron chi connectivity index (χ2n) is 3.80. The van der Waals surface area contributed by atoms with E-state index in [0.29, 0.717) is 11.8 Å². The third kappa shape index (κ3) is 0.745. The Bertz CT molecular complexity index is 319. The van der Waals surface area contributed by atoms with E-state index in [9.17, 15) is 5.11 Å². The molecule has 1 heteroatoms. The highest BCUT2D eigenvalue weighted by atomic mass is 16.3. The van der Waals surface area contributed by atoms with Gasteiger partial charge in [-0.05, 0) is 18.6 Å². The van der Waals surface area contributed by atoms with Crippen LogP contribution in [0.2, 0.25) is 0 Å². The van der Waals surface area contributed by atoms with Crippen LogP contribution in [0.15, 0.2) is 24.3 Å². The molecule has 1 nitrogen and oxygen atoms in total. The fraction of sp³-hybridized carbons (Fsp3) is 0.364. The molecule has 0 spiro atoms. The van der Waals surface area contributed by atoms with E-state index in [0.717, 1.165) is 5.56 Å². The topological polar surface area (TPSA) is 20.2 Å². The van der Waals surface area contributed by atoms with Crippen molar-refractivity contribution in [1.29, 1.82) is 0 Å². The van der Waals surface area contributed by atoms with E-state index in [-0.39, 0.29) is 6.10 Å². The molecule has 0 heterocycles. The van der Waals surface area contributed by atoms with Gasteiger partial charge >= 0.3 is 0 Å². The van der Waals surface area contributed by atoms with Crippen LogP contribution in [0, 0.1) is 18.3 Å². The Morgan fingerprint density at radius 1 is 1.33 bits per heavy atom. The maximum absolute atomic E-state index is 9.85. The van der Waals surface area contributed by atoms with Crippen molar-refractivity contribution in [2.75, 3.05) is 0 Å². The van der Waals surface area contributed by atoms with Crippen LogP contribution in [0.4, 0.5) is 0 Å². The van der Waals surface area contributed by atoms with Gasteiger partial charge < -0.3 is 5.11 Å². The fourth-order valence-corrected chi connectivity index (χ4v) is 2.18. The van der Waals surface area contributed by atoms with Crippen LogP contribution < -0.4 is 0 Å². The van der Waals surface area contributed by atoms with Gasteiger partial charge in [-0.2, -0.15) is 0 Å². The molecule has 0 unspecified atom stereocenters. The average Bonchev–Trinajstić information content (AvgIpc) is 2.84. The molecule has 0 radical (unpaired) electrons. The summed E-state index contributed by atoms with van der Waals surface area (Å²) in [6, 6.07) is 8.15. The highest BCUT2D eigenvalue weighted by molar-refractivity contribution is 5.41. The minimum atomic E-state index is -0.198. The van der Waals surface area contributed by atoms with Crippen LogP contribution in [0.5, 0.6) is 0 Å². The Morgan fingerprint density at radius 3 is 3.08 bits per heavy atom. The molecule has 1 aromatic carbocycles. The normalized spacial score (nSPS) is 36.2. The zero-order valence-corrected chi connectivity index (χ0v) is 6.77. The summed E-state index contributed by atoms with van der Waals surface area (Å²) in [7, 11) is 0. The summed E-state index contributed by atoms with van der Waals surface area (Å²) >= 11 is 0. The van der Waals surface area contributed by atoms with Crippen molar-refractivity contribution in [1.82, 2.24) is 0 Å². The lowest BCUT2D eigenvalue weighted by atomic mass is 9.90. The van der Waals surface area contributed by atoms with Crippen molar-refractivity contribution in [3.63, 3.8) is 0 Å². The Balaban J connectivity index is 2.11. The first-order chi connectivity index (χ1) is 5.86. The molecule has 60 valence electrons. The van der Waals surface area contributed by atoms with E-state index >= 15 is 0 Å². The van der Waals surface area contributed by atoms with Crippen molar-refractivity contribution in [3.05, 3.63) is 41.8 Å². The summed E-state index contributed by atoms with van der Waals surface area (Å²) in [5, 5.41) is 9.85. The van der Waals surface area contributed by atoms with Gasteiger partial charge in [0.2, 0.25) is 0 Å². The Morgan fingerprint density at radius 2 is 2.17 bits per heavy atom. The molecule has 12 heavy (non-hydrogen) atoms. The van der Waals surface area contributed by atoms with Gasteiger partial charge in [0.05, 0.1) is 5.56 Å². The summed E-state index contributed by atoms with van der Waals surface area (Å²) in [5.74, 6) is 1.19. The monoisotopic (exact) mass is 159 g/mol. The molecule has 1 aromatic rings. The SMILES string of the molecule is O[C@@H]1c2ccccc2[CH+][C@@H]2C[C@@H]21. The Labute approximate surface area is 72.0 Å². The molecule has 2 aliphatic rings. The van der Waals surface area contributed by atoms with Gasteiger partial charge in [0.15, 0.2) is 0 Å². The van der Waals surface area contributed by atoms with Crippen LogP contribution >= 0.6 is 0 Å². The molecule has 1 N–H and O–H groups in total. The molecule has 1 saturated carbocycles. The lowest BCUT2D eigenvalue weighted by Crippen LogP contribution is -2.10. The lowest BCUT2D eigenvalue weighted by Gasteiger charge is -2.12. The van der Waals surface area contributed by atoms with Crippen LogP contribution in [0.1, 0.15) is 23.7 Å². The molecule has 0 aromatic heterocycles. The van der Waals surface area contributed by atoms with Gasteiger partial charge in [0.25, 0.3) is 0 Å². The van der Waals surface area contributed by atoms with E-state index < -0.39 is 0 Å². The minimum absolute atomic E-state index is 0.198. The third-order valence-electron chi connectivity index (χ3n) is 3.00. The Hall–Kier alpha value is -0.950. The zero-order chi connectivity index (χ0) is 8.13. The van der Waals surface area contributed by atoms with E-state index in [2.05, 4.69) is 12.5 Å². The Kier molecular flexibility index (Phi) is 1.12. The molecule has 1 fully saturated rings. The average molecular weight is 159 g/mol. The second kappa shape index (κ2) is 2.05. The highest BCUT2D eigenvalue weighted by Gasteiger charge is 2.51. The van der Waals surface area contributed by atoms with Crippen molar-refractivity contribution in [2.45, 2.75) is 12.5 Å². The lowest BCUT2D eigenvalue weighted by molar-refractivity contribution is 0.144. The zero-order valence-electron chi connectivity index (χ0n) is 6.77. The van der Waals surface area contributed by atoms with Crippen LogP contribution in [0.3, 0.4) is 0 Å². The van der Waals surface area contributed by atoms with E-state index in [4.69, 9.17) is 0 Å². The number of fused-ring (bicyclic) bond motifs is 2. The molecular weight excluding hydrogens is 148 g/mol. The quantitative estimate of drug-likeness (QED) is 0.573. The first-order valence-corrected chi connectivity index (χ1v) is 4.48. The van der Waals surface area contributed by atoms with Gasteiger partial charge in [0.1, 0.15) is 11.7 Å².